The molecular formula is C17H24O3. The average molecular weight is 276 g/mol. The third-order valence-electron chi connectivity index (χ3n) is 4.24. The van der Waals surface area contributed by atoms with Crippen molar-refractivity contribution in [1.29, 1.82) is 0 Å². The van der Waals surface area contributed by atoms with E-state index in [2.05, 4.69) is 19.1 Å². The molecule has 3 heteroatoms. The number of hydrogen-bond acceptors (Lipinski definition) is 3. The highest BCUT2D eigenvalue weighted by Crippen LogP contribution is 2.44. The van der Waals surface area contributed by atoms with E-state index < -0.39 is 0 Å². The molecule has 4 atom stereocenters. The Kier molecular flexibility index (Phi) is 4.71. The fraction of sp³-hybridized carbons (Fsp3) is 0.647. The second-order valence-corrected chi connectivity index (χ2v) is 5.80. The summed E-state index contributed by atoms with van der Waals surface area (Å²) in [4.78, 5) is 0. The zero-order chi connectivity index (χ0) is 13.8. The van der Waals surface area contributed by atoms with Crippen molar-refractivity contribution in [2.45, 2.75) is 51.1 Å². The van der Waals surface area contributed by atoms with E-state index in [1.807, 2.05) is 18.2 Å². The number of rotatable bonds is 8. The molecule has 1 aromatic carbocycles. The maximum atomic E-state index is 6.00. The van der Waals surface area contributed by atoms with Crippen LogP contribution in [0.4, 0.5) is 0 Å². The van der Waals surface area contributed by atoms with Crippen LogP contribution in [-0.2, 0) is 20.8 Å². The van der Waals surface area contributed by atoms with E-state index in [4.69, 9.17) is 14.2 Å². The molecule has 3 nitrogen and oxygen atoms in total. The minimum atomic E-state index is 0.334. The Hall–Kier alpha value is -0.900. The van der Waals surface area contributed by atoms with Gasteiger partial charge >= 0.3 is 0 Å². The molecule has 0 radical (unpaired) electrons. The Bertz CT molecular complexity index is 406. The first kappa shape index (κ1) is 14.1. The maximum absolute atomic E-state index is 6.00. The standard InChI is InChI=1S/C17H24O3/c1-2-3-9-19-15-10-16-17(20-16)14(15)12-18-11-13-7-5-4-6-8-13/h4-8,14-17H,2-3,9-12H2,1H3/t14-,15+,16-,17+/m1/s1. The van der Waals surface area contributed by atoms with Gasteiger partial charge in [-0.15, -0.1) is 0 Å². The van der Waals surface area contributed by atoms with Gasteiger partial charge in [0.15, 0.2) is 0 Å². The van der Waals surface area contributed by atoms with Gasteiger partial charge in [0, 0.05) is 18.9 Å². The van der Waals surface area contributed by atoms with Crippen LogP contribution in [0.2, 0.25) is 0 Å². The summed E-state index contributed by atoms with van der Waals surface area (Å²) in [5.41, 5.74) is 1.22. The topological polar surface area (TPSA) is 31.0 Å². The summed E-state index contributed by atoms with van der Waals surface area (Å²) < 4.78 is 17.5. The second-order valence-electron chi connectivity index (χ2n) is 5.80. The molecule has 1 aromatic rings. The van der Waals surface area contributed by atoms with Gasteiger partial charge in [0.05, 0.1) is 31.5 Å². The highest BCUT2D eigenvalue weighted by Gasteiger charge is 2.55. The van der Waals surface area contributed by atoms with Gasteiger partial charge in [0.2, 0.25) is 0 Å². The lowest BCUT2D eigenvalue weighted by Crippen LogP contribution is -2.28. The van der Waals surface area contributed by atoms with Crippen LogP contribution in [0.25, 0.3) is 0 Å². The van der Waals surface area contributed by atoms with Crippen molar-refractivity contribution in [3.63, 3.8) is 0 Å². The Morgan fingerprint density at radius 3 is 2.90 bits per heavy atom. The van der Waals surface area contributed by atoms with Gasteiger partial charge in [0.1, 0.15) is 0 Å². The minimum Gasteiger partial charge on any atom is -0.378 e. The molecule has 0 spiro atoms. The van der Waals surface area contributed by atoms with Gasteiger partial charge in [-0.1, -0.05) is 43.7 Å². The summed E-state index contributed by atoms with van der Waals surface area (Å²) in [6.07, 6.45) is 4.54. The highest BCUT2D eigenvalue weighted by molar-refractivity contribution is 5.13. The molecule has 110 valence electrons. The van der Waals surface area contributed by atoms with Crippen LogP contribution in [0.1, 0.15) is 31.7 Å². The summed E-state index contributed by atoms with van der Waals surface area (Å²) in [6, 6.07) is 10.3. The predicted octanol–water partition coefficient (Wildman–Crippen LogP) is 3.18. The summed E-state index contributed by atoms with van der Waals surface area (Å²) in [5.74, 6) is 0.417. The first-order chi connectivity index (χ1) is 9.88. The van der Waals surface area contributed by atoms with Crippen LogP contribution >= 0.6 is 0 Å². The van der Waals surface area contributed by atoms with Crippen LogP contribution in [0.15, 0.2) is 30.3 Å². The lowest BCUT2D eigenvalue weighted by molar-refractivity contribution is -0.0384. The zero-order valence-electron chi connectivity index (χ0n) is 12.2. The second kappa shape index (κ2) is 6.70. The van der Waals surface area contributed by atoms with E-state index in [9.17, 15) is 0 Å². The molecule has 0 N–H and O–H groups in total. The fourth-order valence-electron chi connectivity index (χ4n) is 3.00. The Morgan fingerprint density at radius 2 is 2.10 bits per heavy atom. The van der Waals surface area contributed by atoms with Gasteiger partial charge in [-0.2, -0.15) is 0 Å². The van der Waals surface area contributed by atoms with Gasteiger partial charge in [0.25, 0.3) is 0 Å². The van der Waals surface area contributed by atoms with Crippen molar-refractivity contribution in [2.75, 3.05) is 13.2 Å². The number of unbranched alkanes of at least 4 members (excludes halogenated alkanes) is 1. The third-order valence-corrected chi connectivity index (χ3v) is 4.24. The van der Waals surface area contributed by atoms with E-state index in [1.54, 1.807) is 0 Å². The molecule has 1 aliphatic carbocycles. The van der Waals surface area contributed by atoms with Gasteiger partial charge < -0.3 is 14.2 Å². The monoisotopic (exact) mass is 276 g/mol. The molecule has 2 fully saturated rings. The number of ether oxygens (including phenoxy) is 3. The van der Waals surface area contributed by atoms with E-state index in [0.29, 0.717) is 30.8 Å². The molecule has 20 heavy (non-hydrogen) atoms. The van der Waals surface area contributed by atoms with E-state index in [1.165, 1.54) is 12.0 Å². The minimum absolute atomic E-state index is 0.334. The summed E-state index contributed by atoms with van der Waals surface area (Å²) in [7, 11) is 0. The largest absolute Gasteiger partial charge is 0.378 e. The van der Waals surface area contributed by atoms with E-state index >= 15 is 0 Å². The third kappa shape index (κ3) is 3.40. The smallest absolute Gasteiger partial charge is 0.0917 e. The first-order valence-electron chi connectivity index (χ1n) is 7.77. The van der Waals surface area contributed by atoms with Crippen LogP contribution in [0, 0.1) is 5.92 Å². The van der Waals surface area contributed by atoms with E-state index in [-0.39, 0.29) is 0 Å². The molecule has 0 aromatic heterocycles. The Balaban J connectivity index is 1.43. The van der Waals surface area contributed by atoms with Crippen molar-refractivity contribution < 1.29 is 14.2 Å². The Labute approximate surface area is 121 Å². The molecule has 1 saturated carbocycles. The van der Waals surface area contributed by atoms with Crippen molar-refractivity contribution >= 4 is 0 Å². The lowest BCUT2D eigenvalue weighted by atomic mass is 10.1. The molecule has 2 aliphatic rings. The Morgan fingerprint density at radius 1 is 1.25 bits per heavy atom. The molecular weight excluding hydrogens is 252 g/mol. The van der Waals surface area contributed by atoms with Crippen LogP contribution < -0.4 is 0 Å². The molecule has 1 heterocycles. The van der Waals surface area contributed by atoms with Gasteiger partial charge in [-0.3, -0.25) is 0 Å². The van der Waals surface area contributed by atoms with Crippen LogP contribution in [-0.4, -0.2) is 31.5 Å². The fourth-order valence-corrected chi connectivity index (χ4v) is 3.00. The zero-order valence-corrected chi connectivity index (χ0v) is 12.2. The highest BCUT2D eigenvalue weighted by atomic mass is 16.6. The SMILES string of the molecule is CCCCO[C@H]1C[C@H]2O[C@H]2[C@@H]1COCc1ccccc1. The van der Waals surface area contributed by atoms with E-state index in [0.717, 1.165) is 26.1 Å². The van der Waals surface area contributed by atoms with Crippen molar-refractivity contribution in [2.24, 2.45) is 5.92 Å². The van der Waals surface area contributed by atoms with Gasteiger partial charge in [-0.25, -0.2) is 0 Å². The molecule has 0 bridgehead atoms. The molecule has 0 amide bonds. The van der Waals surface area contributed by atoms with Crippen LogP contribution in [0.5, 0.6) is 0 Å². The first-order valence-corrected chi connectivity index (χ1v) is 7.77. The van der Waals surface area contributed by atoms with Crippen molar-refractivity contribution in [3.8, 4) is 0 Å². The predicted molar refractivity (Wildman–Crippen MR) is 77.5 cm³/mol. The summed E-state index contributed by atoms with van der Waals surface area (Å²) in [5, 5.41) is 0. The summed E-state index contributed by atoms with van der Waals surface area (Å²) in [6.45, 7) is 4.48. The summed E-state index contributed by atoms with van der Waals surface area (Å²) >= 11 is 0. The number of hydrogen-bond donors (Lipinski definition) is 0. The average Bonchev–Trinajstić information content (AvgIpc) is 3.16. The maximum Gasteiger partial charge on any atom is 0.0917 e. The quantitative estimate of drug-likeness (QED) is 0.540. The molecule has 1 saturated heterocycles. The number of epoxide rings is 1. The van der Waals surface area contributed by atoms with Crippen molar-refractivity contribution in [3.05, 3.63) is 35.9 Å². The van der Waals surface area contributed by atoms with Crippen molar-refractivity contribution in [1.82, 2.24) is 0 Å². The molecule has 1 aliphatic heterocycles. The molecule has 0 unspecified atom stereocenters. The molecule has 3 rings (SSSR count). The lowest BCUT2D eigenvalue weighted by Gasteiger charge is -2.22. The van der Waals surface area contributed by atoms with Crippen LogP contribution in [0.3, 0.4) is 0 Å². The number of fused-ring (bicyclic) bond motifs is 1. The number of benzene rings is 1. The normalized spacial score (nSPS) is 31.2. The van der Waals surface area contributed by atoms with Gasteiger partial charge in [-0.05, 0) is 12.0 Å².